The van der Waals surface area contributed by atoms with Crippen LogP contribution in [0.25, 0.3) is 11.3 Å². The Morgan fingerprint density at radius 3 is 2.78 bits per heavy atom. The van der Waals surface area contributed by atoms with Gasteiger partial charge >= 0.3 is 0 Å². The van der Waals surface area contributed by atoms with Gasteiger partial charge in [-0.05, 0) is 36.6 Å². The predicted molar refractivity (Wildman–Crippen MR) is 89.1 cm³/mol. The highest BCUT2D eigenvalue weighted by Gasteiger charge is 2.32. The van der Waals surface area contributed by atoms with Gasteiger partial charge in [-0.25, -0.2) is 4.98 Å². The monoisotopic (exact) mass is 324 g/mol. The van der Waals surface area contributed by atoms with E-state index in [1.807, 2.05) is 40.6 Å². The number of nitrogens with one attached hydrogen (secondary N) is 1. The molecule has 1 N–H and O–H groups in total. The summed E-state index contributed by atoms with van der Waals surface area (Å²) in [4.78, 5) is 19.2. The molecule has 1 aliphatic heterocycles. The summed E-state index contributed by atoms with van der Waals surface area (Å²) in [5.41, 5.74) is 2.69. The lowest BCUT2D eigenvalue weighted by atomic mass is 10.1. The number of aromatic amines is 1. The minimum Gasteiger partial charge on any atom is -0.329 e. The first-order valence-electron chi connectivity index (χ1n) is 7.63. The molecule has 1 atom stereocenters. The number of aromatic nitrogens is 3. The fraction of sp³-hybridized carbons (Fsp3) is 0.235. The second-order valence-corrected chi connectivity index (χ2v) is 6.50. The Bertz CT molecular complexity index is 781. The van der Waals surface area contributed by atoms with Crippen LogP contribution in [0.15, 0.2) is 48.1 Å². The third kappa shape index (κ3) is 2.66. The van der Waals surface area contributed by atoms with Gasteiger partial charge in [0.2, 0.25) is 0 Å². The number of likely N-dealkylation sites (tertiary alicyclic amines) is 1. The summed E-state index contributed by atoms with van der Waals surface area (Å²) < 4.78 is 0. The van der Waals surface area contributed by atoms with Gasteiger partial charge in [0.1, 0.15) is 5.01 Å². The van der Waals surface area contributed by atoms with Crippen molar-refractivity contribution in [3.05, 3.63) is 58.7 Å². The third-order valence-corrected chi connectivity index (χ3v) is 5.07. The zero-order valence-corrected chi connectivity index (χ0v) is 13.3. The van der Waals surface area contributed by atoms with Crippen molar-refractivity contribution in [2.45, 2.75) is 18.9 Å². The number of thiazole rings is 1. The van der Waals surface area contributed by atoms with Gasteiger partial charge in [0, 0.05) is 29.9 Å². The van der Waals surface area contributed by atoms with Crippen molar-refractivity contribution in [1.29, 1.82) is 0 Å². The molecule has 1 fully saturated rings. The lowest BCUT2D eigenvalue weighted by Gasteiger charge is -2.23. The first-order chi connectivity index (χ1) is 11.3. The summed E-state index contributed by atoms with van der Waals surface area (Å²) in [6.07, 6.45) is 5.55. The van der Waals surface area contributed by atoms with Gasteiger partial charge in [0.15, 0.2) is 0 Å². The van der Waals surface area contributed by atoms with Crippen LogP contribution < -0.4 is 0 Å². The number of hydrogen-bond acceptors (Lipinski definition) is 4. The molecule has 1 amide bonds. The van der Waals surface area contributed by atoms with Crippen LogP contribution >= 0.6 is 11.3 Å². The zero-order chi connectivity index (χ0) is 15.6. The van der Waals surface area contributed by atoms with Crippen LogP contribution in [0.2, 0.25) is 0 Å². The second kappa shape index (κ2) is 5.96. The number of rotatable bonds is 3. The maximum Gasteiger partial charge on any atom is 0.254 e. The van der Waals surface area contributed by atoms with Crippen LogP contribution in [-0.2, 0) is 0 Å². The van der Waals surface area contributed by atoms with Crippen molar-refractivity contribution in [2.75, 3.05) is 6.54 Å². The Balaban J connectivity index is 1.56. The molecular weight excluding hydrogens is 308 g/mol. The first-order valence-corrected chi connectivity index (χ1v) is 8.51. The molecule has 1 saturated heterocycles. The molecule has 0 unspecified atom stereocenters. The summed E-state index contributed by atoms with van der Waals surface area (Å²) >= 11 is 1.62. The first kappa shape index (κ1) is 14.1. The van der Waals surface area contributed by atoms with Gasteiger partial charge in [-0.15, -0.1) is 11.3 Å². The molecule has 4 rings (SSSR count). The third-order valence-electron chi connectivity index (χ3n) is 4.19. The Hall–Kier alpha value is -2.47. The molecule has 3 aromatic rings. The molecule has 0 saturated carbocycles. The van der Waals surface area contributed by atoms with Gasteiger partial charge in [-0.1, -0.05) is 12.1 Å². The van der Waals surface area contributed by atoms with Crippen molar-refractivity contribution in [3.8, 4) is 11.3 Å². The molecule has 0 bridgehead atoms. The standard InChI is InChI=1S/C17H16N4OS/c22-17(21-10-1-2-15(21)16-18-9-11-23-16)13-5-3-12(4-6-13)14-7-8-19-20-14/h3-9,11,15H,1-2,10H2,(H,19,20)/t15-/m1/s1. The fourth-order valence-electron chi connectivity index (χ4n) is 3.04. The van der Waals surface area contributed by atoms with E-state index in [1.54, 1.807) is 23.7 Å². The van der Waals surface area contributed by atoms with Gasteiger partial charge in [0.25, 0.3) is 5.91 Å². The van der Waals surface area contributed by atoms with Gasteiger partial charge in [-0.3, -0.25) is 9.89 Å². The Morgan fingerprint density at radius 1 is 1.22 bits per heavy atom. The van der Waals surface area contributed by atoms with Crippen molar-refractivity contribution in [3.63, 3.8) is 0 Å². The van der Waals surface area contributed by atoms with Gasteiger partial charge in [0.05, 0.1) is 11.7 Å². The van der Waals surface area contributed by atoms with Gasteiger partial charge in [-0.2, -0.15) is 5.10 Å². The van der Waals surface area contributed by atoms with Gasteiger partial charge < -0.3 is 4.90 Å². The average molecular weight is 324 g/mol. The maximum absolute atomic E-state index is 12.8. The van der Waals surface area contributed by atoms with Crippen LogP contribution in [0.3, 0.4) is 0 Å². The number of carbonyl (C=O) groups is 1. The maximum atomic E-state index is 12.8. The molecule has 6 heteroatoms. The average Bonchev–Trinajstić information content (AvgIpc) is 3.35. The lowest BCUT2D eigenvalue weighted by molar-refractivity contribution is 0.0735. The Labute approximate surface area is 138 Å². The molecule has 1 aliphatic rings. The molecule has 0 radical (unpaired) electrons. The topological polar surface area (TPSA) is 61.9 Å². The highest BCUT2D eigenvalue weighted by molar-refractivity contribution is 7.09. The molecule has 3 heterocycles. The van der Waals surface area contributed by atoms with E-state index in [4.69, 9.17) is 0 Å². The molecule has 2 aromatic heterocycles. The number of H-pyrrole nitrogens is 1. The number of benzene rings is 1. The highest BCUT2D eigenvalue weighted by atomic mass is 32.1. The minimum absolute atomic E-state index is 0.0823. The number of nitrogens with zero attached hydrogens (tertiary/aromatic N) is 3. The van der Waals surface area contributed by atoms with Crippen LogP contribution in [0.5, 0.6) is 0 Å². The zero-order valence-electron chi connectivity index (χ0n) is 12.5. The van der Waals surface area contributed by atoms with Crippen molar-refractivity contribution in [2.24, 2.45) is 0 Å². The Morgan fingerprint density at radius 2 is 2.09 bits per heavy atom. The SMILES string of the molecule is O=C(c1ccc(-c2ccn[nH]2)cc1)N1CCC[C@@H]1c1nccs1. The van der Waals surface area contributed by atoms with Crippen LogP contribution in [-0.4, -0.2) is 32.5 Å². The summed E-state index contributed by atoms with van der Waals surface area (Å²) in [5.74, 6) is 0.0823. The fourth-order valence-corrected chi connectivity index (χ4v) is 3.83. The van der Waals surface area contributed by atoms with Crippen LogP contribution in [0.4, 0.5) is 0 Å². The number of carbonyl (C=O) groups excluding carboxylic acids is 1. The number of hydrogen-bond donors (Lipinski definition) is 1. The Kier molecular flexibility index (Phi) is 3.67. The molecule has 0 spiro atoms. The predicted octanol–water partition coefficient (Wildman–Crippen LogP) is 3.51. The summed E-state index contributed by atoms with van der Waals surface area (Å²) in [7, 11) is 0. The van der Waals surface area contributed by atoms with E-state index in [0.717, 1.165) is 41.2 Å². The normalized spacial score (nSPS) is 17.6. The molecule has 23 heavy (non-hydrogen) atoms. The van der Waals surface area contributed by atoms with Crippen molar-refractivity contribution in [1.82, 2.24) is 20.1 Å². The smallest absolute Gasteiger partial charge is 0.254 e. The minimum atomic E-state index is 0.0823. The van der Waals surface area contributed by atoms with E-state index >= 15 is 0 Å². The summed E-state index contributed by atoms with van der Waals surface area (Å²) in [5, 5.41) is 9.88. The number of amides is 1. The lowest BCUT2D eigenvalue weighted by Crippen LogP contribution is -2.30. The quantitative estimate of drug-likeness (QED) is 0.802. The summed E-state index contributed by atoms with van der Waals surface area (Å²) in [6, 6.07) is 9.71. The van der Waals surface area contributed by atoms with Crippen molar-refractivity contribution < 1.29 is 4.79 Å². The summed E-state index contributed by atoms with van der Waals surface area (Å²) in [6.45, 7) is 0.797. The molecule has 116 valence electrons. The van der Waals surface area contributed by atoms with Crippen molar-refractivity contribution >= 4 is 17.2 Å². The molecule has 0 aliphatic carbocycles. The molecular formula is C17H16N4OS. The van der Waals surface area contributed by atoms with E-state index in [1.165, 1.54) is 0 Å². The van der Waals surface area contributed by atoms with E-state index in [-0.39, 0.29) is 11.9 Å². The highest BCUT2D eigenvalue weighted by Crippen LogP contribution is 2.34. The van der Waals surface area contributed by atoms with Crippen LogP contribution in [0.1, 0.15) is 34.2 Å². The largest absolute Gasteiger partial charge is 0.329 e. The molecule has 5 nitrogen and oxygen atoms in total. The molecule has 1 aromatic carbocycles. The van der Waals surface area contributed by atoms with Crippen LogP contribution in [0, 0.1) is 0 Å². The van der Waals surface area contributed by atoms with E-state index in [0.29, 0.717) is 0 Å². The van der Waals surface area contributed by atoms with E-state index in [2.05, 4.69) is 15.2 Å². The van der Waals surface area contributed by atoms with E-state index < -0.39 is 0 Å². The second-order valence-electron chi connectivity index (χ2n) is 5.57. The van der Waals surface area contributed by atoms with E-state index in [9.17, 15) is 4.79 Å².